The SMILES string of the molecule is COc1cccc(CNC23CC4CC(CC(O)(C4)C2)C3)c1OCc1ccc(F)cc1Cl. The molecule has 4 bridgehead atoms. The van der Waals surface area contributed by atoms with Gasteiger partial charge in [-0.3, -0.25) is 0 Å². The van der Waals surface area contributed by atoms with E-state index in [-0.39, 0.29) is 18.0 Å². The summed E-state index contributed by atoms with van der Waals surface area (Å²) in [6.45, 7) is 0.862. The first kappa shape index (κ1) is 21.0. The van der Waals surface area contributed by atoms with E-state index in [9.17, 15) is 9.50 Å². The highest BCUT2D eigenvalue weighted by Gasteiger charge is 2.56. The van der Waals surface area contributed by atoms with Crippen molar-refractivity contribution in [3.63, 3.8) is 0 Å². The van der Waals surface area contributed by atoms with Crippen LogP contribution in [0.25, 0.3) is 0 Å². The topological polar surface area (TPSA) is 50.7 Å². The van der Waals surface area contributed by atoms with Crippen LogP contribution in [0.4, 0.5) is 4.39 Å². The zero-order valence-electron chi connectivity index (χ0n) is 17.8. The molecule has 0 radical (unpaired) electrons. The maximum absolute atomic E-state index is 13.4. The minimum Gasteiger partial charge on any atom is -0.493 e. The number of rotatable bonds is 7. The molecule has 0 aliphatic heterocycles. The summed E-state index contributed by atoms with van der Waals surface area (Å²) in [5.74, 6) is 2.21. The van der Waals surface area contributed by atoms with E-state index < -0.39 is 5.60 Å². The van der Waals surface area contributed by atoms with Gasteiger partial charge in [-0.1, -0.05) is 29.8 Å². The van der Waals surface area contributed by atoms with Gasteiger partial charge in [0, 0.05) is 23.2 Å². The van der Waals surface area contributed by atoms with Crippen LogP contribution >= 0.6 is 11.6 Å². The van der Waals surface area contributed by atoms with Gasteiger partial charge in [-0.2, -0.15) is 0 Å². The van der Waals surface area contributed by atoms with E-state index in [0.717, 1.165) is 43.2 Å². The lowest BCUT2D eigenvalue weighted by atomic mass is 9.51. The van der Waals surface area contributed by atoms with Crippen molar-refractivity contribution in [2.75, 3.05) is 7.11 Å². The maximum atomic E-state index is 13.4. The number of benzene rings is 2. The fourth-order valence-corrected chi connectivity index (χ4v) is 6.74. The summed E-state index contributed by atoms with van der Waals surface area (Å²) in [7, 11) is 1.62. The van der Waals surface area contributed by atoms with Crippen molar-refractivity contribution in [2.24, 2.45) is 11.8 Å². The van der Waals surface area contributed by atoms with Crippen molar-refractivity contribution in [1.29, 1.82) is 0 Å². The van der Waals surface area contributed by atoms with Gasteiger partial charge in [-0.15, -0.1) is 0 Å². The lowest BCUT2D eigenvalue weighted by Gasteiger charge is -2.60. The summed E-state index contributed by atoms with van der Waals surface area (Å²) in [5, 5.41) is 15.2. The molecular formula is C25H29ClFNO3. The number of aliphatic hydroxyl groups is 1. The first-order chi connectivity index (χ1) is 14.9. The summed E-state index contributed by atoms with van der Waals surface area (Å²) in [6, 6.07) is 10.2. The second-order valence-electron chi connectivity index (χ2n) is 9.79. The minimum absolute atomic E-state index is 0.000551. The Morgan fingerprint density at radius 1 is 1.13 bits per heavy atom. The van der Waals surface area contributed by atoms with Crippen molar-refractivity contribution >= 4 is 11.6 Å². The Hall–Kier alpha value is -1.82. The van der Waals surface area contributed by atoms with E-state index in [1.165, 1.54) is 18.6 Å². The maximum Gasteiger partial charge on any atom is 0.166 e. The standard InChI is InChI=1S/C25H29ClFNO3/c1-30-22-4-2-3-18(23(22)31-14-19-5-6-20(27)8-21(19)26)13-28-24-9-16-7-17(10-24)12-25(29,11-16)15-24/h2-6,8,16-17,28-29H,7,9-15H2,1H3. The van der Waals surface area contributed by atoms with Gasteiger partial charge in [0.05, 0.1) is 17.7 Å². The molecule has 0 spiro atoms. The Bertz CT molecular complexity index is 967. The van der Waals surface area contributed by atoms with Gasteiger partial charge < -0.3 is 19.9 Å². The molecule has 4 nitrogen and oxygen atoms in total. The average Bonchev–Trinajstić information content (AvgIpc) is 2.70. The van der Waals surface area contributed by atoms with Gasteiger partial charge in [-0.05, 0) is 68.6 Å². The zero-order valence-corrected chi connectivity index (χ0v) is 18.6. The second kappa shape index (κ2) is 7.95. The fourth-order valence-electron chi connectivity index (χ4n) is 6.52. The van der Waals surface area contributed by atoms with Gasteiger partial charge >= 0.3 is 0 Å². The Morgan fingerprint density at radius 2 is 1.90 bits per heavy atom. The molecule has 0 heterocycles. The molecule has 4 saturated carbocycles. The Labute approximate surface area is 187 Å². The first-order valence-corrected chi connectivity index (χ1v) is 11.4. The number of methoxy groups -OCH3 is 1. The molecule has 2 aromatic carbocycles. The summed E-state index contributed by atoms with van der Waals surface area (Å²) >= 11 is 6.17. The third-order valence-electron chi connectivity index (χ3n) is 7.35. The van der Waals surface area contributed by atoms with Crippen LogP contribution in [0.2, 0.25) is 5.02 Å². The Morgan fingerprint density at radius 3 is 2.58 bits per heavy atom. The van der Waals surface area contributed by atoms with E-state index in [0.29, 0.717) is 34.9 Å². The molecule has 6 rings (SSSR count). The quantitative estimate of drug-likeness (QED) is 0.612. The molecule has 4 aliphatic rings. The predicted octanol–water partition coefficient (Wildman–Crippen LogP) is 5.24. The van der Waals surface area contributed by atoms with E-state index in [1.54, 1.807) is 13.2 Å². The zero-order chi connectivity index (χ0) is 21.6. The molecule has 31 heavy (non-hydrogen) atoms. The van der Waals surface area contributed by atoms with E-state index >= 15 is 0 Å². The van der Waals surface area contributed by atoms with E-state index in [2.05, 4.69) is 5.32 Å². The number of nitrogens with one attached hydrogen (secondary N) is 1. The van der Waals surface area contributed by atoms with Crippen molar-refractivity contribution in [3.8, 4) is 11.5 Å². The number of para-hydroxylation sites is 1. The van der Waals surface area contributed by atoms with Crippen LogP contribution in [-0.2, 0) is 13.2 Å². The van der Waals surface area contributed by atoms with Gasteiger partial charge in [0.25, 0.3) is 0 Å². The van der Waals surface area contributed by atoms with Crippen LogP contribution in [0.1, 0.15) is 49.7 Å². The molecule has 0 amide bonds. The molecule has 166 valence electrons. The molecule has 4 aliphatic carbocycles. The second-order valence-corrected chi connectivity index (χ2v) is 10.2. The lowest BCUT2D eigenvalue weighted by molar-refractivity contribution is -0.142. The molecule has 0 aromatic heterocycles. The molecule has 2 unspecified atom stereocenters. The molecule has 2 N–H and O–H groups in total. The van der Waals surface area contributed by atoms with Crippen LogP contribution in [0.15, 0.2) is 36.4 Å². The van der Waals surface area contributed by atoms with Crippen molar-refractivity contribution in [3.05, 3.63) is 58.4 Å². The molecule has 6 heteroatoms. The van der Waals surface area contributed by atoms with Crippen LogP contribution in [0.3, 0.4) is 0 Å². The molecule has 0 saturated heterocycles. The van der Waals surface area contributed by atoms with E-state index in [4.69, 9.17) is 21.1 Å². The number of hydrogen-bond acceptors (Lipinski definition) is 4. The fraction of sp³-hybridized carbons (Fsp3) is 0.520. The summed E-state index contributed by atoms with van der Waals surface area (Å²) in [6.07, 6.45) is 6.28. The van der Waals surface area contributed by atoms with Gasteiger partial charge in [0.1, 0.15) is 12.4 Å². The number of ether oxygens (including phenoxy) is 2. The number of halogens is 2. The first-order valence-electron chi connectivity index (χ1n) is 11.1. The molecule has 4 fully saturated rings. The van der Waals surface area contributed by atoms with Gasteiger partial charge in [-0.25, -0.2) is 4.39 Å². The minimum atomic E-state index is -0.496. The number of hydrogen-bond donors (Lipinski definition) is 2. The Kier molecular flexibility index (Phi) is 5.40. The third-order valence-corrected chi connectivity index (χ3v) is 7.70. The summed E-state index contributed by atoms with van der Waals surface area (Å²) in [5.41, 5.74) is 1.22. The molecular weight excluding hydrogens is 417 g/mol. The van der Waals surface area contributed by atoms with Crippen molar-refractivity contribution in [1.82, 2.24) is 5.32 Å². The molecule has 2 aromatic rings. The highest BCUT2D eigenvalue weighted by molar-refractivity contribution is 6.31. The van der Waals surface area contributed by atoms with Crippen molar-refractivity contribution < 1.29 is 19.0 Å². The smallest absolute Gasteiger partial charge is 0.166 e. The van der Waals surface area contributed by atoms with Crippen LogP contribution in [0.5, 0.6) is 11.5 Å². The van der Waals surface area contributed by atoms with E-state index in [1.807, 2.05) is 18.2 Å². The van der Waals surface area contributed by atoms with Crippen LogP contribution in [-0.4, -0.2) is 23.4 Å². The molecule has 2 atom stereocenters. The van der Waals surface area contributed by atoms with Gasteiger partial charge in [0.15, 0.2) is 11.5 Å². The lowest BCUT2D eigenvalue weighted by Crippen LogP contribution is -2.64. The van der Waals surface area contributed by atoms with Crippen molar-refractivity contribution in [2.45, 2.75) is 62.8 Å². The normalized spacial score (nSPS) is 31.1. The summed E-state index contributed by atoms with van der Waals surface area (Å²) < 4.78 is 25.0. The monoisotopic (exact) mass is 445 g/mol. The highest BCUT2D eigenvalue weighted by atomic mass is 35.5. The summed E-state index contributed by atoms with van der Waals surface area (Å²) in [4.78, 5) is 0. The highest BCUT2D eigenvalue weighted by Crippen LogP contribution is 2.57. The third kappa shape index (κ3) is 4.15. The predicted molar refractivity (Wildman–Crippen MR) is 118 cm³/mol. The Balaban J connectivity index is 1.34. The largest absolute Gasteiger partial charge is 0.493 e. The van der Waals surface area contributed by atoms with Crippen LogP contribution < -0.4 is 14.8 Å². The average molecular weight is 446 g/mol. The van der Waals surface area contributed by atoms with Crippen LogP contribution in [0, 0.1) is 17.7 Å². The van der Waals surface area contributed by atoms with Gasteiger partial charge in [0.2, 0.25) is 0 Å².